The molecule has 0 atom stereocenters. The average Bonchev–Trinajstić information content (AvgIpc) is 3.68. The molecule has 0 unspecified atom stereocenters. The first-order valence-corrected chi connectivity index (χ1v) is 22.5. The Bertz CT molecular complexity index is 3230. The molecule has 11 aromatic rings. The first kappa shape index (κ1) is 40.2. The molecule has 0 aliphatic heterocycles. The summed E-state index contributed by atoms with van der Waals surface area (Å²) in [5, 5.41) is 2.32. The second-order valence-corrected chi connectivity index (χ2v) is 16.8. The van der Waals surface area contributed by atoms with Gasteiger partial charge in [0, 0.05) is 67.3 Å². The van der Waals surface area contributed by atoms with Crippen LogP contribution in [0.2, 0.25) is 0 Å². The molecule has 0 amide bonds. The van der Waals surface area contributed by atoms with Gasteiger partial charge in [0.25, 0.3) is 0 Å². The second kappa shape index (κ2) is 17.2. The van der Waals surface area contributed by atoms with Crippen molar-refractivity contribution in [1.29, 1.82) is 0 Å². The summed E-state index contributed by atoms with van der Waals surface area (Å²) >= 11 is 0. The van der Waals surface area contributed by atoms with Gasteiger partial charge in [-0.15, -0.1) is 0 Å². The number of aromatic nitrogens is 3. The zero-order valence-corrected chi connectivity index (χ0v) is 37.2. The Balaban J connectivity index is 1.11. The van der Waals surface area contributed by atoms with Crippen LogP contribution in [0.4, 0.5) is 34.1 Å². The fraction of sp³-hybridized carbons (Fsp3) is 0.0492. The van der Waals surface area contributed by atoms with E-state index >= 15 is 0 Å². The van der Waals surface area contributed by atoms with Gasteiger partial charge in [-0.3, -0.25) is 0 Å². The maximum absolute atomic E-state index is 5.25. The summed E-state index contributed by atoms with van der Waals surface area (Å²) in [6.07, 6.45) is 0. The molecule has 0 bridgehead atoms. The molecule has 2 heterocycles. The van der Waals surface area contributed by atoms with Gasteiger partial charge in [-0.25, -0.2) is 9.97 Å². The van der Waals surface area contributed by atoms with E-state index < -0.39 is 0 Å². The van der Waals surface area contributed by atoms with Gasteiger partial charge >= 0.3 is 0 Å². The topological polar surface area (TPSA) is 37.2 Å². The van der Waals surface area contributed by atoms with E-state index in [0.717, 1.165) is 107 Å². The molecule has 0 radical (unpaired) electrons. The van der Waals surface area contributed by atoms with Crippen LogP contribution in [0.1, 0.15) is 16.7 Å². The van der Waals surface area contributed by atoms with Crippen LogP contribution in [0, 0.1) is 20.8 Å². The van der Waals surface area contributed by atoms with Crippen molar-refractivity contribution in [2.24, 2.45) is 0 Å². The van der Waals surface area contributed by atoms with Crippen LogP contribution in [0.25, 0.3) is 61.4 Å². The predicted molar refractivity (Wildman–Crippen MR) is 276 cm³/mol. The van der Waals surface area contributed by atoms with Gasteiger partial charge in [0.2, 0.25) is 0 Å². The second-order valence-electron chi connectivity index (χ2n) is 16.8. The molecular formula is C61H47N5. The largest absolute Gasteiger partial charge is 0.310 e. The Hall–Kier alpha value is -8.54. The summed E-state index contributed by atoms with van der Waals surface area (Å²) in [5.41, 5.74) is 18.3. The Morgan fingerprint density at radius 1 is 0.333 bits per heavy atom. The summed E-state index contributed by atoms with van der Waals surface area (Å²) in [6, 6.07) is 82.0. The van der Waals surface area contributed by atoms with Crippen molar-refractivity contribution in [3.63, 3.8) is 0 Å². The molecule has 5 heteroatoms. The highest BCUT2D eigenvalue weighted by molar-refractivity contribution is 6.12. The molecule has 0 fully saturated rings. The molecule has 0 aliphatic rings. The van der Waals surface area contributed by atoms with Gasteiger partial charge < -0.3 is 14.4 Å². The van der Waals surface area contributed by atoms with Crippen molar-refractivity contribution in [1.82, 2.24) is 14.5 Å². The SMILES string of the molecule is Cc1ccccc1-c1cc(-c2ccc(-n3c4ccc(N(c5ccccc5)c5ccccc5)cc4c4cc(N(c5ccccc5)c5ccccc5)ccc43)c(C)c2)nc(-c2ccccc2C)n1. The number of para-hydroxylation sites is 4. The van der Waals surface area contributed by atoms with E-state index in [-0.39, 0.29) is 0 Å². The van der Waals surface area contributed by atoms with Crippen LogP contribution in [-0.4, -0.2) is 14.5 Å². The third-order valence-electron chi connectivity index (χ3n) is 12.6. The summed E-state index contributed by atoms with van der Waals surface area (Å²) in [7, 11) is 0. The van der Waals surface area contributed by atoms with Crippen LogP contribution in [0.15, 0.2) is 231 Å². The number of hydrogen-bond acceptors (Lipinski definition) is 4. The lowest BCUT2D eigenvalue weighted by molar-refractivity contribution is 1.14. The van der Waals surface area contributed by atoms with Crippen LogP contribution in [-0.2, 0) is 0 Å². The normalized spacial score (nSPS) is 11.3. The highest BCUT2D eigenvalue weighted by atomic mass is 15.1. The zero-order chi connectivity index (χ0) is 44.6. The highest BCUT2D eigenvalue weighted by Gasteiger charge is 2.21. The smallest absolute Gasteiger partial charge is 0.160 e. The van der Waals surface area contributed by atoms with Gasteiger partial charge in [-0.2, -0.15) is 0 Å². The van der Waals surface area contributed by atoms with Gasteiger partial charge in [0.1, 0.15) is 0 Å². The highest BCUT2D eigenvalue weighted by Crippen LogP contribution is 2.43. The summed E-state index contributed by atoms with van der Waals surface area (Å²) in [4.78, 5) is 15.1. The standard InChI is InChI=1S/C61H47N5/c1-42-20-16-18-30-52(42)57-41-56(62-61(63-57)53-31-19-17-21-43(53)2)45-32-35-58(44(3)38-45)66-59-36-33-50(64(46-22-8-4-9-23-46)47-24-10-5-11-25-47)39-54(59)55-40-51(34-37-60(55)66)65(48-26-12-6-13-27-48)49-28-14-7-15-29-49/h4-41H,1-3H3. The van der Waals surface area contributed by atoms with Crippen molar-refractivity contribution in [2.75, 3.05) is 9.80 Å². The lowest BCUT2D eigenvalue weighted by Gasteiger charge is -2.26. The minimum absolute atomic E-state index is 0.722. The van der Waals surface area contributed by atoms with Crippen molar-refractivity contribution < 1.29 is 0 Å². The lowest BCUT2D eigenvalue weighted by Crippen LogP contribution is -2.09. The average molecular weight is 850 g/mol. The molecule has 9 aromatic carbocycles. The van der Waals surface area contributed by atoms with E-state index in [1.807, 2.05) is 0 Å². The molecule has 11 rings (SSSR count). The monoisotopic (exact) mass is 849 g/mol. The van der Waals surface area contributed by atoms with E-state index in [1.54, 1.807) is 0 Å². The predicted octanol–water partition coefficient (Wildman–Crippen LogP) is 16.4. The van der Waals surface area contributed by atoms with Crippen molar-refractivity contribution in [2.45, 2.75) is 20.8 Å². The first-order chi connectivity index (χ1) is 32.5. The quantitative estimate of drug-likeness (QED) is 0.137. The third kappa shape index (κ3) is 7.46. The van der Waals surface area contributed by atoms with Crippen LogP contribution in [0.3, 0.4) is 0 Å². The Morgan fingerprint density at radius 3 is 1.21 bits per heavy atom. The minimum atomic E-state index is 0.722. The van der Waals surface area contributed by atoms with Gasteiger partial charge in [0.05, 0.1) is 22.4 Å². The molecule has 0 spiro atoms. The minimum Gasteiger partial charge on any atom is -0.310 e. The van der Waals surface area contributed by atoms with E-state index in [0.29, 0.717) is 0 Å². The molecular weight excluding hydrogens is 803 g/mol. The van der Waals surface area contributed by atoms with Gasteiger partial charge in [-0.1, -0.05) is 127 Å². The van der Waals surface area contributed by atoms with Crippen LogP contribution in [0.5, 0.6) is 0 Å². The molecule has 0 N–H and O–H groups in total. The maximum Gasteiger partial charge on any atom is 0.160 e. The van der Waals surface area contributed by atoms with E-state index in [1.165, 1.54) is 5.56 Å². The van der Waals surface area contributed by atoms with Crippen molar-refractivity contribution in [3.8, 4) is 39.6 Å². The number of fused-ring (bicyclic) bond motifs is 3. The fourth-order valence-corrected chi connectivity index (χ4v) is 9.34. The zero-order valence-electron chi connectivity index (χ0n) is 37.2. The summed E-state index contributed by atoms with van der Waals surface area (Å²) in [6.45, 7) is 6.48. The molecule has 0 saturated carbocycles. The van der Waals surface area contributed by atoms with Crippen molar-refractivity contribution in [3.05, 3.63) is 247 Å². The van der Waals surface area contributed by atoms with Crippen LogP contribution < -0.4 is 9.80 Å². The number of aryl methyl sites for hydroxylation is 3. The number of nitrogens with zero attached hydrogens (tertiary/aromatic N) is 5. The summed E-state index contributed by atoms with van der Waals surface area (Å²) < 4.78 is 2.43. The van der Waals surface area contributed by atoms with E-state index in [9.17, 15) is 0 Å². The first-order valence-electron chi connectivity index (χ1n) is 22.5. The molecule has 316 valence electrons. The maximum atomic E-state index is 5.25. The number of anilines is 6. The Labute approximate surface area is 386 Å². The summed E-state index contributed by atoms with van der Waals surface area (Å²) in [5.74, 6) is 0.722. The number of hydrogen-bond donors (Lipinski definition) is 0. The molecule has 0 aliphatic carbocycles. The molecule has 66 heavy (non-hydrogen) atoms. The van der Waals surface area contributed by atoms with Gasteiger partial charge in [-0.05, 0) is 141 Å². The molecule has 0 saturated heterocycles. The third-order valence-corrected chi connectivity index (χ3v) is 12.6. The number of benzene rings is 9. The molecule has 5 nitrogen and oxygen atoms in total. The molecule has 2 aromatic heterocycles. The van der Waals surface area contributed by atoms with Crippen molar-refractivity contribution >= 4 is 55.9 Å². The van der Waals surface area contributed by atoms with Gasteiger partial charge in [0.15, 0.2) is 5.82 Å². The Kier molecular flexibility index (Phi) is 10.5. The lowest BCUT2D eigenvalue weighted by atomic mass is 10.0. The van der Waals surface area contributed by atoms with E-state index in [4.69, 9.17) is 9.97 Å². The Morgan fingerprint density at radius 2 is 0.758 bits per heavy atom. The fourth-order valence-electron chi connectivity index (χ4n) is 9.34. The number of rotatable bonds is 10. The van der Waals surface area contributed by atoms with E-state index in [2.05, 4.69) is 266 Å². The van der Waals surface area contributed by atoms with Crippen LogP contribution >= 0.6 is 0 Å².